The molecule has 7 heteroatoms. The highest BCUT2D eigenvalue weighted by molar-refractivity contribution is 5.73. The van der Waals surface area contributed by atoms with Crippen LogP contribution in [0, 0.1) is 0 Å². The van der Waals surface area contributed by atoms with Gasteiger partial charge in [-0.25, -0.2) is 0 Å². The Balaban J connectivity index is 2.89. The van der Waals surface area contributed by atoms with E-state index >= 15 is 0 Å². The van der Waals surface area contributed by atoms with Crippen molar-refractivity contribution < 1.29 is 29.6 Å². The van der Waals surface area contributed by atoms with Crippen LogP contribution in [0.15, 0.2) is 0 Å². The average molecular weight is 277 g/mol. The summed E-state index contributed by atoms with van der Waals surface area (Å²) in [7, 11) is 0. The lowest BCUT2D eigenvalue weighted by Gasteiger charge is -2.44. The van der Waals surface area contributed by atoms with Crippen LogP contribution in [0.2, 0.25) is 0 Å². The van der Waals surface area contributed by atoms with Gasteiger partial charge in [-0.15, -0.1) is 0 Å². The van der Waals surface area contributed by atoms with Crippen LogP contribution in [-0.4, -0.2) is 64.1 Å². The van der Waals surface area contributed by atoms with Crippen molar-refractivity contribution in [3.05, 3.63) is 0 Å². The van der Waals surface area contributed by atoms with E-state index in [2.05, 4.69) is 5.32 Å². The van der Waals surface area contributed by atoms with Crippen molar-refractivity contribution in [2.24, 2.45) is 0 Å². The van der Waals surface area contributed by atoms with Crippen molar-refractivity contribution in [2.75, 3.05) is 6.61 Å². The second kappa shape index (κ2) is 6.15. The summed E-state index contributed by atoms with van der Waals surface area (Å²) in [5.74, 6) is -0.371. The molecule has 0 saturated carbocycles. The standard InChI is InChI=1S/C12H23NO6/c1-6(15)13-8-10(17)9(16)7(5-14)18-11(8)19-12(2,3)4/h7-11,14,16-17H,5H2,1-4H3,(H,13,15)/t7?,8?,9-,10?,11-/m0/s1. The Morgan fingerprint density at radius 1 is 1.32 bits per heavy atom. The van der Waals surface area contributed by atoms with Crippen molar-refractivity contribution in [1.29, 1.82) is 0 Å². The summed E-state index contributed by atoms with van der Waals surface area (Å²) in [4.78, 5) is 11.2. The monoisotopic (exact) mass is 277 g/mol. The van der Waals surface area contributed by atoms with Gasteiger partial charge in [0.1, 0.15) is 24.4 Å². The summed E-state index contributed by atoms with van der Waals surface area (Å²) < 4.78 is 11.0. The number of carbonyl (C=O) groups is 1. The van der Waals surface area contributed by atoms with Crippen LogP contribution in [0.25, 0.3) is 0 Å². The van der Waals surface area contributed by atoms with Crippen LogP contribution in [0.5, 0.6) is 0 Å². The van der Waals surface area contributed by atoms with Gasteiger partial charge in [-0.3, -0.25) is 4.79 Å². The molecule has 0 spiro atoms. The van der Waals surface area contributed by atoms with Gasteiger partial charge in [-0.2, -0.15) is 0 Å². The van der Waals surface area contributed by atoms with Crippen LogP contribution in [0.1, 0.15) is 27.7 Å². The van der Waals surface area contributed by atoms with Crippen LogP contribution in [0.3, 0.4) is 0 Å². The van der Waals surface area contributed by atoms with Crippen molar-refractivity contribution in [3.8, 4) is 0 Å². The van der Waals surface area contributed by atoms with E-state index in [4.69, 9.17) is 14.6 Å². The first-order valence-corrected chi connectivity index (χ1v) is 6.23. The highest BCUT2D eigenvalue weighted by atomic mass is 16.7. The zero-order valence-electron chi connectivity index (χ0n) is 11.7. The van der Waals surface area contributed by atoms with E-state index in [0.717, 1.165) is 0 Å². The van der Waals surface area contributed by atoms with E-state index in [1.165, 1.54) is 6.92 Å². The van der Waals surface area contributed by atoms with Crippen LogP contribution in [0.4, 0.5) is 0 Å². The lowest BCUT2D eigenvalue weighted by molar-refractivity contribution is -0.292. The molecule has 19 heavy (non-hydrogen) atoms. The molecule has 1 heterocycles. The fourth-order valence-electron chi connectivity index (χ4n) is 1.92. The molecule has 1 amide bonds. The molecule has 0 aromatic heterocycles. The summed E-state index contributed by atoms with van der Waals surface area (Å²) in [6.07, 6.45) is -4.46. The molecule has 1 aliphatic rings. The smallest absolute Gasteiger partial charge is 0.217 e. The quantitative estimate of drug-likeness (QED) is 0.513. The molecule has 1 aliphatic heterocycles. The number of amides is 1. The zero-order valence-corrected chi connectivity index (χ0v) is 11.7. The lowest BCUT2D eigenvalue weighted by atomic mass is 9.96. The van der Waals surface area contributed by atoms with E-state index in [9.17, 15) is 15.0 Å². The van der Waals surface area contributed by atoms with E-state index in [1.54, 1.807) is 20.8 Å². The third-order valence-electron chi connectivity index (χ3n) is 2.72. The maximum atomic E-state index is 11.2. The van der Waals surface area contributed by atoms with Crippen molar-refractivity contribution in [1.82, 2.24) is 5.32 Å². The molecule has 1 saturated heterocycles. The Bertz CT molecular complexity index is 316. The number of hydrogen-bond acceptors (Lipinski definition) is 6. The molecule has 1 rings (SSSR count). The summed E-state index contributed by atoms with van der Waals surface area (Å²) in [5, 5.41) is 31.4. The predicted octanol–water partition coefficient (Wildman–Crippen LogP) is -1.25. The number of hydrogen-bond donors (Lipinski definition) is 4. The number of aliphatic hydroxyl groups excluding tert-OH is 3. The molecular weight excluding hydrogens is 254 g/mol. The predicted molar refractivity (Wildman–Crippen MR) is 66.2 cm³/mol. The maximum Gasteiger partial charge on any atom is 0.217 e. The molecule has 0 aliphatic carbocycles. The van der Waals surface area contributed by atoms with E-state index in [0.29, 0.717) is 0 Å². The van der Waals surface area contributed by atoms with Gasteiger partial charge in [0, 0.05) is 6.92 Å². The highest BCUT2D eigenvalue weighted by Gasteiger charge is 2.46. The van der Waals surface area contributed by atoms with Crippen molar-refractivity contribution >= 4 is 5.91 Å². The zero-order chi connectivity index (χ0) is 14.8. The molecule has 0 radical (unpaired) electrons. The van der Waals surface area contributed by atoms with Crippen molar-refractivity contribution in [3.63, 3.8) is 0 Å². The highest BCUT2D eigenvalue weighted by Crippen LogP contribution is 2.25. The second-order valence-corrected chi connectivity index (χ2v) is 5.66. The fraction of sp³-hybridized carbons (Fsp3) is 0.917. The summed E-state index contributed by atoms with van der Waals surface area (Å²) in [6, 6.07) is -0.894. The van der Waals surface area contributed by atoms with Gasteiger partial charge in [-0.1, -0.05) is 0 Å². The molecule has 7 nitrogen and oxygen atoms in total. The maximum absolute atomic E-state index is 11.2. The normalized spacial score (nSPS) is 36.1. The summed E-state index contributed by atoms with van der Waals surface area (Å²) in [5.41, 5.74) is -0.566. The molecule has 0 bridgehead atoms. The van der Waals surface area contributed by atoms with Gasteiger partial charge in [0.25, 0.3) is 0 Å². The largest absolute Gasteiger partial charge is 0.394 e. The first-order chi connectivity index (χ1) is 8.65. The minimum absolute atomic E-state index is 0.371. The topological polar surface area (TPSA) is 108 Å². The fourth-order valence-corrected chi connectivity index (χ4v) is 1.92. The van der Waals surface area contributed by atoms with Gasteiger partial charge >= 0.3 is 0 Å². The molecule has 5 atom stereocenters. The number of carbonyl (C=O) groups excluding carboxylic acids is 1. The molecular formula is C12H23NO6. The minimum Gasteiger partial charge on any atom is -0.394 e. The number of rotatable bonds is 3. The van der Waals surface area contributed by atoms with E-state index in [1.807, 2.05) is 0 Å². The molecule has 0 aromatic rings. The first kappa shape index (κ1) is 16.3. The second-order valence-electron chi connectivity index (χ2n) is 5.66. The Labute approximate surface area is 112 Å². The van der Waals surface area contributed by atoms with E-state index in [-0.39, 0.29) is 5.91 Å². The Morgan fingerprint density at radius 2 is 1.89 bits per heavy atom. The SMILES string of the molecule is CC(=O)NC1C(O)[C@@H](O)C(CO)O[C@H]1OC(C)(C)C. The summed E-state index contributed by atoms with van der Waals surface area (Å²) in [6.45, 7) is 6.24. The number of nitrogens with one attached hydrogen (secondary N) is 1. The molecule has 3 unspecified atom stereocenters. The Kier molecular flexibility index (Phi) is 5.28. The average Bonchev–Trinajstić information content (AvgIpc) is 2.26. The van der Waals surface area contributed by atoms with Crippen molar-refractivity contribution in [2.45, 2.75) is 63.9 Å². The molecule has 1 fully saturated rings. The summed E-state index contributed by atoms with van der Waals surface area (Å²) >= 11 is 0. The third kappa shape index (κ3) is 4.39. The first-order valence-electron chi connectivity index (χ1n) is 6.23. The van der Waals surface area contributed by atoms with E-state index < -0.39 is 42.9 Å². The Morgan fingerprint density at radius 3 is 2.32 bits per heavy atom. The molecule has 112 valence electrons. The molecule has 0 aromatic carbocycles. The minimum atomic E-state index is -1.29. The van der Waals surface area contributed by atoms with Crippen LogP contribution >= 0.6 is 0 Å². The lowest BCUT2D eigenvalue weighted by Crippen LogP contribution is -2.65. The van der Waals surface area contributed by atoms with Crippen LogP contribution < -0.4 is 5.32 Å². The van der Waals surface area contributed by atoms with Gasteiger partial charge < -0.3 is 30.1 Å². The van der Waals surface area contributed by atoms with Gasteiger partial charge in [0.15, 0.2) is 6.29 Å². The molecule has 4 N–H and O–H groups in total. The number of ether oxygens (including phenoxy) is 2. The number of aliphatic hydroxyl groups is 3. The Hall–Kier alpha value is -0.730. The third-order valence-corrected chi connectivity index (χ3v) is 2.72. The van der Waals surface area contributed by atoms with Gasteiger partial charge in [0.2, 0.25) is 5.91 Å². The van der Waals surface area contributed by atoms with Gasteiger partial charge in [-0.05, 0) is 20.8 Å². The van der Waals surface area contributed by atoms with Crippen LogP contribution in [-0.2, 0) is 14.3 Å². The van der Waals surface area contributed by atoms with Gasteiger partial charge in [0.05, 0.1) is 12.2 Å².